The number of ether oxygens (including phenoxy) is 1. The van der Waals surface area contributed by atoms with Crippen LogP contribution in [-0.4, -0.2) is 22.2 Å². The van der Waals surface area contributed by atoms with E-state index in [-0.39, 0.29) is 45.1 Å². The second-order valence-corrected chi connectivity index (χ2v) is 6.34. The molecule has 5 nitrogen and oxygen atoms in total. The zero-order valence-corrected chi connectivity index (χ0v) is 14.5. The summed E-state index contributed by atoms with van der Waals surface area (Å²) in [7, 11) is 0. The van der Waals surface area contributed by atoms with Crippen LogP contribution in [0, 0.1) is 5.92 Å². The monoisotopic (exact) mass is 357 g/mol. The quantitative estimate of drug-likeness (QED) is 0.845. The summed E-state index contributed by atoms with van der Waals surface area (Å²) >= 11 is 11.8. The van der Waals surface area contributed by atoms with Gasteiger partial charge in [-0.1, -0.05) is 37.0 Å². The molecule has 124 valence electrons. The molecule has 23 heavy (non-hydrogen) atoms. The molecular formula is C16H17Cl2NO4. The van der Waals surface area contributed by atoms with Crippen molar-refractivity contribution in [3.05, 3.63) is 38.2 Å². The van der Waals surface area contributed by atoms with Gasteiger partial charge in [0.2, 0.25) is 5.43 Å². The highest BCUT2D eigenvalue weighted by molar-refractivity contribution is 6.42. The Kier molecular flexibility index (Phi) is 5.22. The molecule has 0 aromatic carbocycles. The zero-order valence-electron chi connectivity index (χ0n) is 13.0. The largest absolute Gasteiger partial charge is 0.505 e. The predicted molar refractivity (Wildman–Crippen MR) is 89.8 cm³/mol. The highest BCUT2D eigenvalue weighted by Crippen LogP contribution is 2.37. The molecule has 0 amide bonds. The molecule has 0 saturated carbocycles. The van der Waals surface area contributed by atoms with Gasteiger partial charge in [0.1, 0.15) is 5.02 Å². The molecule has 7 heteroatoms. The minimum atomic E-state index is -0.661. The molecule has 1 N–H and O–H groups in total. The molecule has 0 radical (unpaired) electrons. The Labute approximate surface area is 143 Å². The van der Waals surface area contributed by atoms with Gasteiger partial charge in [0.15, 0.2) is 11.4 Å². The van der Waals surface area contributed by atoms with Crippen molar-refractivity contribution in [3.63, 3.8) is 0 Å². The fourth-order valence-corrected chi connectivity index (χ4v) is 2.73. The molecule has 0 bridgehead atoms. The van der Waals surface area contributed by atoms with Gasteiger partial charge in [-0.25, -0.2) is 4.79 Å². The van der Waals surface area contributed by atoms with Crippen molar-refractivity contribution >= 4 is 29.2 Å². The number of fused-ring (bicyclic) bond motifs is 1. The van der Waals surface area contributed by atoms with Crippen LogP contribution in [0.1, 0.15) is 31.3 Å². The van der Waals surface area contributed by atoms with E-state index in [1.807, 2.05) is 13.8 Å². The first-order valence-corrected chi connectivity index (χ1v) is 7.94. The van der Waals surface area contributed by atoms with Gasteiger partial charge >= 0.3 is 5.97 Å². The van der Waals surface area contributed by atoms with Crippen molar-refractivity contribution < 1.29 is 14.6 Å². The number of hydrogen-bond acceptors (Lipinski definition) is 4. The minimum Gasteiger partial charge on any atom is -0.505 e. The molecule has 1 aliphatic carbocycles. The first kappa shape index (κ1) is 17.6. The number of aromatic nitrogens is 1. The van der Waals surface area contributed by atoms with E-state index < -0.39 is 11.4 Å². The number of hydrogen-bond donors (Lipinski definition) is 1. The Morgan fingerprint density at radius 1 is 1.35 bits per heavy atom. The van der Waals surface area contributed by atoms with Crippen molar-refractivity contribution in [2.24, 2.45) is 5.92 Å². The normalized spacial score (nSPS) is 11.2. The van der Waals surface area contributed by atoms with Gasteiger partial charge in [-0.15, -0.1) is 0 Å². The van der Waals surface area contributed by atoms with Crippen LogP contribution in [0.25, 0.3) is 11.1 Å². The lowest BCUT2D eigenvalue weighted by Crippen LogP contribution is -2.20. The maximum absolute atomic E-state index is 12.3. The lowest BCUT2D eigenvalue weighted by atomic mass is 10.0. The number of halogens is 2. The van der Waals surface area contributed by atoms with Crippen LogP contribution in [0.15, 0.2) is 17.1 Å². The zero-order chi connectivity index (χ0) is 17.3. The number of esters is 1. The van der Waals surface area contributed by atoms with Crippen molar-refractivity contribution in [1.29, 1.82) is 0 Å². The van der Waals surface area contributed by atoms with E-state index in [0.29, 0.717) is 6.54 Å². The van der Waals surface area contributed by atoms with Crippen LogP contribution in [-0.2, 0) is 11.3 Å². The number of aromatic hydroxyl groups is 1. The summed E-state index contributed by atoms with van der Waals surface area (Å²) in [6.45, 7) is 6.19. The number of benzene rings is 1. The third kappa shape index (κ3) is 3.31. The standard InChI is InChI=1S/C16H17Cl2NO4/c1-4-23-16(22)13-15(21)9-5-11(17)12(18)14(20)10(9)7-19(13)6-8(2)3/h5,7-8,21H,4,6H2,1-3H3. The van der Waals surface area contributed by atoms with Crippen molar-refractivity contribution in [3.8, 4) is 16.9 Å². The fraction of sp³-hybridized carbons (Fsp3) is 0.375. The molecule has 0 unspecified atom stereocenters. The molecule has 2 aliphatic rings. The lowest BCUT2D eigenvalue weighted by Gasteiger charge is -2.20. The van der Waals surface area contributed by atoms with Gasteiger partial charge in [-0.3, -0.25) is 4.79 Å². The second-order valence-electron chi connectivity index (χ2n) is 5.56. The predicted octanol–water partition coefficient (Wildman–Crippen LogP) is 3.80. The van der Waals surface area contributed by atoms with Crippen molar-refractivity contribution in [2.75, 3.05) is 6.61 Å². The molecule has 1 heterocycles. The number of rotatable bonds is 4. The molecule has 0 fully saturated rings. The van der Waals surface area contributed by atoms with E-state index in [0.717, 1.165) is 0 Å². The Hall–Kier alpha value is -1.72. The summed E-state index contributed by atoms with van der Waals surface area (Å²) in [4.78, 5) is 24.5. The first-order valence-electron chi connectivity index (χ1n) is 7.19. The van der Waals surface area contributed by atoms with Crippen LogP contribution in [0.2, 0.25) is 10.0 Å². The van der Waals surface area contributed by atoms with Gasteiger partial charge in [-0.05, 0) is 18.9 Å². The average molecular weight is 358 g/mol. The third-order valence-electron chi connectivity index (χ3n) is 3.30. The molecule has 0 saturated heterocycles. The Morgan fingerprint density at radius 2 is 2.00 bits per heavy atom. The molecule has 0 aromatic heterocycles. The van der Waals surface area contributed by atoms with Crippen molar-refractivity contribution in [1.82, 2.24) is 4.57 Å². The van der Waals surface area contributed by atoms with Crippen LogP contribution in [0.3, 0.4) is 0 Å². The molecule has 0 aromatic rings. The molecular weight excluding hydrogens is 341 g/mol. The van der Waals surface area contributed by atoms with Gasteiger partial charge in [0.25, 0.3) is 0 Å². The van der Waals surface area contributed by atoms with Crippen LogP contribution < -0.4 is 5.43 Å². The summed E-state index contributed by atoms with van der Waals surface area (Å²) in [5.41, 5.74) is -0.124. The van der Waals surface area contributed by atoms with E-state index in [1.165, 1.54) is 16.8 Å². The van der Waals surface area contributed by atoms with Gasteiger partial charge in [0.05, 0.1) is 17.2 Å². The highest BCUT2D eigenvalue weighted by atomic mass is 35.5. The molecule has 0 atom stereocenters. The number of carbonyl (C=O) groups excluding carboxylic acids is 1. The van der Waals surface area contributed by atoms with E-state index in [2.05, 4.69) is 0 Å². The summed E-state index contributed by atoms with van der Waals surface area (Å²) in [5.74, 6) is -0.814. The minimum absolute atomic E-state index is 0.00848. The lowest BCUT2D eigenvalue weighted by molar-refractivity contribution is 0.0508. The first-order chi connectivity index (χ1) is 10.8. The highest BCUT2D eigenvalue weighted by Gasteiger charge is 2.26. The molecule has 2 rings (SSSR count). The summed E-state index contributed by atoms with van der Waals surface area (Å²) < 4.78 is 6.53. The van der Waals surface area contributed by atoms with E-state index in [9.17, 15) is 14.7 Å². The Balaban J connectivity index is 2.84. The smallest absolute Gasteiger partial charge is 0.358 e. The molecule has 1 aliphatic heterocycles. The Morgan fingerprint density at radius 3 is 2.57 bits per heavy atom. The van der Waals surface area contributed by atoms with Crippen LogP contribution in [0.4, 0.5) is 0 Å². The van der Waals surface area contributed by atoms with Gasteiger partial charge in [-0.2, -0.15) is 0 Å². The maximum atomic E-state index is 12.3. The van der Waals surface area contributed by atoms with E-state index in [4.69, 9.17) is 27.9 Å². The van der Waals surface area contributed by atoms with Gasteiger partial charge in [0, 0.05) is 18.3 Å². The number of carbonyl (C=O) groups is 1. The maximum Gasteiger partial charge on any atom is 0.358 e. The van der Waals surface area contributed by atoms with Gasteiger partial charge < -0.3 is 14.4 Å². The summed E-state index contributed by atoms with van der Waals surface area (Å²) in [6, 6.07) is 1.37. The van der Waals surface area contributed by atoms with E-state index in [1.54, 1.807) is 6.92 Å². The number of pyridine rings is 1. The number of nitrogens with zero attached hydrogens (tertiary/aromatic N) is 1. The van der Waals surface area contributed by atoms with E-state index >= 15 is 0 Å². The molecule has 0 spiro atoms. The second kappa shape index (κ2) is 6.81. The fourth-order valence-electron chi connectivity index (χ4n) is 2.38. The van der Waals surface area contributed by atoms with Crippen LogP contribution >= 0.6 is 23.2 Å². The van der Waals surface area contributed by atoms with Crippen molar-refractivity contribution in [2.45, 2.75) is 27.3 Å². The summed E-state index contributed by atoms with van der Waals surface area (Å²) in [6.07, 6.45) is 1.51. The average Bonchev–Trinajstić information content (AvgIpc) is 2.46. The third-order valence-corrected chi connectivity index (χ3v) is 4.07. The Bertz CT molecular complexity index is 783. The SMILES string of the molecule is CCOC(=O)c1c(O)c2cc(Cl)c(Cl)c(=O)c-2cn1CC(C)C. The van der Waals surface area contributed by atoms with Crippen LogP contribution in [0.5, 0.6) is 5.75 Å². The summed E-state index contributed by atoms with van der Waals surface area (Å²) in [5, 5.41) is 10.4. The topological polar surface area (TPSA) is 68.5 Å².